The summed E-state index contributed by atoms with van der Waals surface area (Å²) in [5.41, 5.74) is 0.303. The molecule has 18 heavy (non-hydrogen) atoms. The smallest absolute Gasteiger partial charge is 0.202 e. The van der Waals surface area contributed by atoms with Crippen LogP contribution >= 0.6 is 11.6 Å². The standard InChI is InChI=1S/C13H16ClF2NO/c1-18-13-10(14)7-8(11(15)12(13)16)6-9-4-2-3-5-17-9/h7,9,17H,2-6H2,1H3. The zero-order valence-electron chi connectivity index (χ0n) is 10.2. The first kappa shape index (κ1) is 13.6. The molecule has 1 aromatic carbocycles. The summed E-state index contributed by atoms with van der Waals surface area (Å²) < 4.78 is 32.3. The van der Waals surface area contributed by atoms with E-state index in [9.17, 15) is 8.78 Å². The molecule has 0 amide bonds. The number of piperidine rings is 1. The maximum Gasteiger partial charge on any atom is 0.202 e. The molecule has 0 aromatic heterocycles. The number of rotatable bonds is 3. The van der Waals surface area contributed by atoms with Gasteiger partial charge in [0.05, 0.1) is 12.1 Å². The lowest BCUT2D eigenvalue weighted by atomic mass is 9.97. The number of benzene rings is 1. The molecule has 5 heteroatoms. The van der Waals surface area contributed by atoms with E-state index in [2.05, 4.69) is 5.32 Å². The van der Waals surface area contributed by atoms with Crippen molar-refractivity contribution in [3.05, 3.63) is 28.3 Å². The van der Waals surface area contributed by atoms with Gasteiger partial charge in [0.1, 0.15) is 0 Å². The number of methoxy groups -OCH3 is 1. The second-order valence-electron chi connectivity index (χ2n) is 4.53. The zero-order chi connectivity index (χ0) is 13.1. The van der Waals surface area contributed by atoms with Gasteiger partial charge in [-0.1, -0.05) is 18.0 Å². The molecule has 0 saturated carbocycles. The second kappa shape index (κ2) is 5.85. The van der Waals surface area contributed by atoms with E-state index < -0.39 is 11.6 Å². The van der Waals surface area contributed by atoms with E-state index in [1.807, 2.05) is 0 Å². The predicted octanol–water partition coefficient (Wildman–Crippen LogP) is 3.31. The van der Waals surface area contributed by atoms with Crippen molar-refractivity contribution in [1.82, 2.24) is 5.32 Å². The van der Waals surface area contributed by atoms with Crippen LogP contribution in [0, 0.1) is 11.6 Å². The van der Waals surface area contributed by atoms with Gasteiger partial charge in [-0.3, -0.25) is 0 Å². The van der Waals surface area contributed by atoms with Crippen LogP contribution in [0.2, 0.25) is 5.02 Å². The van der Waals surface area contributed by atoms with Crippen LogP contribution in [0.4, 0.5) is 8.78 Å². The highest BCUT2D eigenvalue weighted by Crippen LogP contribution is 2.32. The Labute approximate surface area is 110 Å². The number of hydrogen-bond donors (Lipinski definition) is 1. The molecule has 1 aliphatic heterocycles. The molecule has 1 atom stereocenters. The van der Waals surface area contributed by atoms with Gasteiger partial charge in [-0.05, 0) is 37.4 Å². The Morgan fingerprint density at radius 3 is 2.78 bits per heavy atom. The average Bonchev–Trinajstić information content (AvgIpc) is 2.37. The quantitative estimate of drug-likeness (QED) is 0.855. The van der Waals surface area contributed by atoms with Crippen LogP contribution in [-0.4, -0.2) is 19.7 Å². The molecule has 2 nitrogen and oxygen atoms in total. The van der Waals surface area contributed by atoms with E-state index in [1.54, 1.807) is 0 Å². The van der Waals surface area contributed by atoms with Crippen LogP contribution < -0.4 is 10.1 Å². The van der Waals surface area contributed by atoms with Gasteiger partial charge >= 0.3 is 0 Å². The Morgan fingerprint density at radius 2 is 2.17 bits per heavy atom. The van der Waals surface area contributed by atoms with Gasteiger partial charge in [-0.15, -0.1) is 0 Å². The Balaban J connectivity index is 2.22. The molecule has 0 aliphatic carbocycles. The fourth-order valence-corrected chi connectivity index (χ4v) is 2.62. The summed E-state index contributed by atoms with van der Waals surface area (Å²) in [7, 11) is 1.27. The van der Waals surface area contributed by atoms with Crippen LogP contribution in [-0.2, 0) is 6.42 Å². The van der Waals surface area contributed by atoms with Gasteiger partial charge < -0.3 is 10.1 Å². The molecule has 0 bridgehead atoms. The third-order valence-electron chi connectivity index (χ3n) is 3.27. The van der Waals surface area contributed by atoms with Crippen LogP contribution in [0.5, 0.6) is 5.75 Å². The Hall–Kier alpha value is -0.870. The number of hydrogen-bond acceptors (Lipinski definition) is 2. The van der Waals surface area contributed by atoms with Crippen LogP contribution in [0.25, 0.3) is 0 Å². The summed E-state index contributed by atoms with van der Waals surface area (Å²) in [6, 6.07) is 1.65. The minimum Gasteiger partial charge on any atom is -0.492 e. The van der Waals surface area contributed by atoms with Crippen molar-refractivity contribution < 1.29 is 13.5 Å². The molecular weight excluding hydrogens is 260 g/mol. The van der Waals surface area contributed by atoms with Gasteiger partial charge in [-0.2, -0.15) is 4.39 Å². The molecule has 1 aliphatic rings. The summed E-state index contributed by atoms with van der Waals surface area (Å²) in [5.74, 6) is -2.09. The molecule has 1 heterocycles. The van der Waals surface area contributed by atoms with Gasteiger partial charge in [0.2, 0.25) is 5.82 Å². The summed E-state index contributed by atoms with van der Waals surface area (Å²) in [6.07, 6.45) is 3.68. The van der Waals surface area contributed by atoms with E-state index in [0.717, 1.165) is 25.8 Å². The van der Waals surface area contributed by atoms with Crippen molar-refractivity contribution in [2.24, 2.45) is 0 Å². The van der Waals surface area contributed by atoms with Crippen LogP contribution in [0.3, 0.4) is 0 Å². The molecular formula is C13H16ClF2NO. The largest absolute Gasteiger partial charge is 0.492 e. The Bertz CT molecular complexity index is 433. The number of halogens is 3. The Kier molecular flexibility index (Phi) is 4.40. The van der Waals surface area contributed by atoms with Gasteiger partial charge in [-0.25, -0.2) is 4.39 Å². The van der Waals surface area contributed by atoms with Gasteiger partial charge in [0, 0.05) is 6.04 Å². The normalized spacial score (nSPS) is 19.9. The molecule has 1 unspecified atom stereocenters. The average molecular weight is 276 g/mol. The molecule has 0 radical (unpaired) electrons. The predicted molar refractivity (Wildman–Crippen MR) is 67.3 cm³/mol. The third kappa shape index (κ3) is 2.75. The zero-order valence-corrected chi connectivity index (χ0v) is 11.0. The van der Waals surface area contributed by atoms with Crippen molar-refractivity contribution in [3.8, 4) is 5.75 Å². The number of nitrogens with one attached hydrogen (secondary N) is 1. The van der Waals surface area contributed by atoms with E-state index >= 15 is 0 Å². The summed E-state index contributed by atoms with van der Waals surface area (Å²) in [5, 5.41) is 3.41. The highest BCUT2D eigenvalue weighted by molar-refractivity contribution is 6.32. The monoisotopic (exact) mass is 275 g/mol. The van der Waals surface area contributed by atoms with Crippen molar-refractivity contribution in [2.45, 2.75) is 31.7 Å². The first-order valence-electron chi connectivity index (χ1n) is 6.07. The summed E-state index contributed by atoms with van der Waals surface area (Å²) in [4.78, 5) is 0. The summed E-state index contributed by atoms with van der Waals surface area (Å²) >= 11 is 5.87. The van der Waals surface area contributed by atoms with Gasteiger partial charge in [0.25, 0.3) is 0 Å². The lowest BCUT2D eigenvalue weighted by Gasteiger charge is -2.24. The topological polar surface area (TPSA) is 21.3 Å². The maximum absolute atomic E-state index is 13.8. The molecule has 1 fully saturated rings. The van der Waals surface area contributed by atoms with E-state index in [1.165, 1.54) is 13.2 Å². The van der Waals surface area contributed by atoms with E-state index in [-0.39, 0.29) is 16.8 Å². The SMILES string of the molecule is COc1c(Cl)cc(CC2CCCCN2)c(F)c1F. The Morgan fingerprint density at radius 1 is 1.39 bits per heavy atom. The minimum absolute atomic E-state index is 0.113. The summed E-state index contributed by atoms with van der Waals surface area (Å²) in [6.45, 7) is 0.929. The first-order valence-corrected chi connectivity index (χ1v) is 6.45. The van der Waals surface area contributed by atoms with E-state index in [4.69, 9.17) is 16.3 Å². The molecule has 1 aromatic rings. The lowest BCUT2D eigenvalue weighted by Crippen LogP contribution is -2.35. The second-order valence-corrected chi connectivity index (χ2v) is 4.94. The first-order chi connectivity index (χ1) is 8.63. The lowest BCUT2D eigenvalue weighted by molar-refractivity contribution is 0.364. The van der Waals surface area contributed by atoms with Crippen molar-refractivity contribution in [2.75, 3.05) is 13.7 Å². The van der Waals surface area contributed by atoms with Crippen LogP contribution in [0.15, 0.2) is 6.07 Å². The fourth-order valence-electron chi connectivity index (χ4n) is 2.33. The molecule has 1 saturated heterocycles. The third-order valence-corrected chi connectivity index (χ3v) is 3.56. The van der Waals surface area contributed by atoms with Gasteiger partial charge in [0.15, 0.2) is 11.6 Å². The fraction of sp³-hybridized carbons (Fsp3) is 0.538. The molecule has 2 rings (SSSR count). The molecule has 100 valence electrons. The maximum atomic E-state index is 13.8. The highest BCUT2D eigenvalue weighted by Gasteiger charge is 2.21. The molecule has 1 N–H and O–H groups in total. The van der Waals surface area contributed by atoms with E-state index in [0.29, 0.717) is 12.0 Å². The van der Waals surface area contributed by atoms with Crippen molar-refractivity contribution >= 4 is 11.6 Å². The highest BCUT2D eigenvalue weighted by atomic mass is 35.5. The molecule has 0 spiro atoms. The number of ether oxygens (including phenoxy) is 1. The van der Waals surface area contributed by atoms with Crippen LogP contribution in [0.1, 0.15) is 24.8 Å². The van der Waals surface area contributed by atoms with Crippen molar-refractivity contribution in [3.63, 3.8) is 0 Å². The van der Waals surface area contributed by atoms with Crippen molar-refractivity contribution in [1.29, 1.82) is 0 Å². The minimum atomic E-state index is -1.00.